The summed E-state index contributed by atoms with van der Waals surface area (Å²) in [6.07, 6.45) is 4.43. The van der Waals surface area contributed by atoms with Gasteiger partial charge in [0.05, 0.1) is 3.79 Å². The second-order valence-electron chi connectivity index (χ2n) is 4.40. The Balaban J connectivity index is 2.02. The maximum absolute atomic E-state index is 11.9. The van der Waals surface area contributed by atoms with Crippen LogP contribution in [0.1, 0.15) is 43.0 Å². The van der Waals surface area contributed by atoms with Crippen LogP contribution in [0.15, 0.2) is 15.2 Å². The van der Waals surface area contributed by atoms with Crippen molar-refractivity contribution in [3.63, 3.8) is 0 Å². The first-order chi connectivity index (χ1) is 6.59. The number of carbonyl (C=O) groups excluding carboxylic acids is 1. The van der Waals surface area contributed by atoms with Gasteiger partial charge < -0.3 is 0 Å². The van der Waals surface area contributed by atoms with Crippen molar-refractivity contribution in [3.05, 3.63) is 20.8 Å². The van der Waals surface area contributed by atoms with Crippen LogP contribution in [0.2, 0.25) is 0 Å². The van der Waals surface area contributed by atoms with Gasteiger partial charge in [-0.3, -0.25) is 4.79 Å². The standard InChI is InChI=1S/C11H13BrOS/c1-11(3-2-4-11)6-9(13)8-5-10(12)14-7-8/h5,7H,2-4,6H2,1H3. The second kappa shape index (κ2) is 3.78. The molecular weight excluding hydrogens is 260 g/mol. The molecule has 1 nitrogen and oxygen atoms in total. The molecule has 0 atom stereocenters. The number of carbonyl (C=O) groups is 1. The third-order valence-corrected chi connectivity index (χ3v) is 4.54. The molecule has 0 aliphatic heterocycles. The molecule has 3 heteroatoms. The SMILES string of the molecule is CC1(CC(=O)c2csc(Br)c2)CCC1. The summed E-state index contributed by atoms with van der Waals surface area (Å²) in [7, 11) is 0. The molecule has 1 aliphatic rings. The molecule has 76 valence electrons. The molecule has 0 aromatic carbocycles. The summed E-state index contributed by atoms with van der Waals surface area (Å²) < 4.78 is 1.04. The van der Waals surface area contributed by atoms with E-state index in [0.29, 0.717) is 11.2 Å². The number of hydrogen-bond acceptors (Lipinski definition) is 2. The first-order valence-corrected chi connectivity index (χ1v) is 6.54. The van der Waals surface area contributed by atoms with E-state index in [4.69, 9.17) is 0 Å². The van der Waals surface area contributed by atoms with E-state index < -0.39 is 0 Å². The average molecular weight is 273 g/mol. The Labute approximate surface area is 96.6 Å². The number of ketones is 1. The van der Waals surface area contributed by atoms with Gasteiger partial charge in [0.15, 0.2) is 5.78 Å². The Hall–Kier alpha value is -0.150. The molecule has 14 heavy (non-hydrogen) atoms. The molecule has 1 saturated carbocycles. The van der Waals surface area contributed by atoms with E-state index in [1.54, 1.807) is 11.3 Å². The molecule has 0 unspecified atom stereocenters. The summed E-state index contributed by atoms with van der Waals surface area (Å²) in [6.45, 7) is 2.22. The highest BCUT2D eigenvalue weighted by atomic mass is 79.9. The maximum Gasteiger partial charge on any atom is 0.164 e. The molecule has 1 aliphatic carbocycles. The maximum atomic E-state index is 11.9. The van der Waals surface area contributed by atoms with E-state index in [-0.39, 0.29) is 0 Å². The van der Waals surface area contributed by atoms with Crippen molar-refractivity contribution in [2.24, 2.45) is 5.41 Å². The number of rotatable bonds is 3. The molecule has 0 bridgehead atoms. The van der Waals surface area contributed by atoms with Crippen molar-refractivity contribution < 1.29 is 4.79 Å². The quantitative estimate of drug-likeness (QED) is 0.751. The lowest BCUT2D eigenvalue weighted by Gasteiger charge is -2.37. The first kappa shape index (κ1) is 10.4. The van der Waals surface area contributed by atoms with Crippen molar-refractivity contribution in [3.8, 4) is 0 Å². The molecule has 0 N–H and O–H groups in total. The summed E-state index contributed by atoms with van der Waals surface area (Å²) in [5, 5.41) is 1.94. The lowest BCUT2D eigenvalue weighted by atomic mass is 9.67. The van der Waals surface area contributed by atoms with Crippen molar-refractivity contribution >= 4 is 33.0 Å². The Morgan fingerprint density at radius 1 is 1.64 bits per heavy atom. The normalized spacial score (nSPS) is 19.0. The molecule has 0 radical (unpaired) electrons. The zero-order valence-corrected chi connectivity index (χ0v) is 10.6. The summed E-state index contributed by atoms with van der Waals surface area (Å²) in [6, 6.07) is 1.93. The Morgan fingerprint density at radius 2 is 2.36 bits per heavy atom. The summed E-state index contributed by atoms with van der Waals surface area (Å²) >= 11 is 4.96. The highest BCUT2D eigenvalue weighted by molar-refractivity contribution is 9.11. The van der Waals surface area contributed by atoms with E-state index in [2.05, 4.69) is 22.9 Å². The molecule has 2 rings (SSSR count). The third-order valence-electron chi connectivity index (χ3n) is 3.04. The number of Topliss-reactive ketones (excluding diaryl/α,β-unsaturated/α-hetero) is 1. The van der Waals surface area contributed by atoms with Crippen LogP contribution in [0.3, 0.4) is 0 Å². The fourth-order valence-corrected chi connectivity index (χ4v) is 3.06. The van der Waals surface area contributed by atoms with Gasteiger partial charge in [-0.25, -0.2) is 0 Å². The molecule has 0 amide bonds. The molecule has 1 fully saturated rings. The highest BCUT2D eigenvalue weighted by Crippen LogP contribution is 2.44. The van der Waals surface area contributed by atoms with Crippen molar-refractivity contribution in [1.82, 2.24) is 0 Å². The smallest absolute Gasteiger partial charge is 0.164 e. The Morgan fingerprint density at radius 3 is 2.79 bits per heavy atom. The van der Waals surface area contributed by atoms with Crippen molar-refractivity contribution in [2.45, 2.75) is 32.6 Å². The Kier molecular flexibility index (Phi) is 2.80. The van der Waals surface area contributed by atoms with Crippen LogP contribution in [0.25, 0.3) is 0 Å². The van der Waals surface area contributed by atoms with Gasteiger partial charge in [0, 0.05) is 17.4 Å². The second-order valence-corrected chi connectivity index (χ2v) is 6.69. The van der Waals surface area contributed by atoms with Gasteiger partial charge in [-0.15, -0.1) is 11.3 Å². The lowest BCUT2D eigenvalue weighted by molar-refractivity contribution is 0.0817. The van der Waals surface area contributed by atoms with E-state index in [0.717, 1.165) is 15.8 Å². The van der Waals surface area contributed by atoms with Gasteiger partial charge in [-0.1, -0.05) is 13.3 Å². The molecule has 1 heterocycles. The van der Waals surface area contributed by atoms with Gasteiger partial charge in [0.2, 0.25) is 0 Å². The van der Waals surface area contributed by atoms with Crippen molar-refractivity contribution in [2.75, 3.05) is 0 Å². The molecule has 0 spiro atoms. The van der Waals surface area contributed by atoms with Gasteiger partial charge >= 0.3 is 0 Å². The van der Waals surface area contributed by atoms with Gasteiger partial charge in [0.25, 0.3) is 0 Å². The van der Waals surface area contributed by atoms with E-state index in [1.165, 1.54) is 19.3 Å². The van der Waals surface area contributed by atoms with Gasteiger partial charge in [-0.2, -0.15) is 0 Å². The zero-order valence-electron chi connectivity index (χ0n) is 8.18. The topological polar surface area (TPSA) is 17.1 Å². The summed E-state index contributed by atoms with van der Waals surface area (Å²) in [4.78, 5) is 11.9. The fourth-order valence-electron chi connectivity index (χ4n) is 1.90. The van der Waals surface area contributed by atoms with Crippen LogP contribution in [-0.2, 0) is 0 Å². The summed E-state index contributed by atoms with van der Waals surface area (Å²) in [5.41, 5.74) is 1.17. The highest BCUT2D eigenvalue weighted by Gasteiger charge is 2.34. The predicted molar refractivity (Wildman–Crippen MR) is 62.9 cm³/mol. The van der Waals surface area contributed by atoms with E-state index >= 15 is 0 Å². The van der Waals surface area contributed by atoms with Crippen LogP contribution < -0.4 is 0 Å². The van der Waals surface area contributed by atoms with Gasteiger partial charge in [-0.05, 0) is 40.3 Å². The minimum absolute atomic E-state index is 0.297. The average Bonchev–Trinajstić information content (AvgIpc) is 2.49. The monoisotopic (exact) mass is 272 g/mol. The number of halogens is 1. The molecule has 1 aromatic heterocycles. The largest absolute Gasteiger partial charge is 0.294 e. The van der Waals surface area contributed by atoms with Crippen molar-refractivity contribution in [1.29, 1.82) is 0 Å². The fraction of sp³-hybridized carbons (Fsp3) is 0.545. The van der Waals surface area contributed by atoms with E-state index in [9.17, 15) is 4.79 Å². The molecule has 1 aromatic rings. The van der Waals surface area contributed by atoms with Crippen LogP contribution >= 0.6 is 27.3 Å². The number of hydrogen-bond donors (Lipinski definition) is 0. The summed E-state index contributed by atoms with van der Waals surface area (Å²) in [5.74, 6) is 0.300. The molecule has 0 saturated heterocycles. The Bertz CT molecular complexity index is 352. The minimum atomic E-state index is 0.297. The number of thiophene rings is 1. The van der Waals surface area contributed by atoms with Gasteiger partial charge in [0.1, 0.15) is 0 Å². The zero-order chi connectivity index (χ0) is 10.2. The molecular formula is C11H13BrOS. The van der Waals surface area contributed by atoms with Crippen LogP contribution in [0.5, 0.6) is 0 Å². The third kappa shape index (κ3) is 2.09. The minimum Gasteiger partial charge on any atom is -0.294 e. The lowest BCUT2D eigenvalue weighted by Crippen LogP contribution is -2.28. The van der Waals surface area contributed by atoms with Crippen LogP contribution in [0.4, 0.5) is 0 Å². The predicted octanol–water partition coefficient (Wildman–Crippen LogP) is 4.27. The van der Waals surface area contributed by atoms with E-state index in [1.807, 2.05) is 11.4 Å². The van der Waals surface area contributed by atoms with Crippen LogP contribution in [0, 0.1) is 5.41 Å². The van der Waals surface area contributed by atoms with Crippen LogP contribution in [-0.4, -0.2) is 5.78 Å². The first-order valence-electron chi connectivity index (χ1n) is 4.86.